The summed E-state index contributed by atoms with van der Waals surface area (Å²) in [5.74, 6) is -1.54. The zero-order valence-corrected chi connectivity index (χ0v) is 14.1. The van der Waals surface area contributed by atoms with Gasteiger partial charge in [-0.1, -0.05) is 43.3 Å². The topological polar surface area (TPSA) is 93.7 Å². The summed E-state index contributed by atoms with van der Waals surface area (Å²) in [6, 6.07) is 8.81. The fourth-order valence-corrected chi connectivity index (χ4v) is 2.92. The molecule has 0 radical (unpaired) electrons. The lowest BCUT2D eigenvalue weighted by molar-refractivity contribution is -0.219. The van der Waals surface area contributed by atoms with E-state index in [-0.39, 0.29) is 12.5 Å². The maximum Gasteiger partial charge on any atom is 0.328 e. The van der Waals surface area contributed by atoms with E-state index in [0.717, 1.165) is 11.1 Å². The molecule has 1 saturated heterocycles. The molecule has 4 amide bonds. The van der Waals surface area contributed by atoms with E-state index < -0.39 is 29.7 Å². The zero-order chi connectivity index (χ0) is 18.0. The smallest absolute Gasteiger partial charge is 0.328 e. The Balaban J connectivity index is 1.83. The molecule has 7 heteroatoms. The van der Waals surface area contributed by atoms with Crippen molar-refractivity contribution in [2.24, 2.45) is 0 Å². The molecule has 132 valence electrons. The van der Waals surface area contributed by atoms with Crippen LogP contribution in [0.25, 0.3) is 0 Å². The zero-order valence-electron chi connectivity index (χ0n) is 14.1. The maximum absolute atomic E-state index is 12.3. The standard InChI is InChI=1S/C18H20N2O5/c1-3-13(12-7-5-4-6-8-12)24-14-11(2)9-10-18(25-14)15(21)19-17(23)20-16(18)22/h4-9,13-14H,3,10H2,1-2H3,(H2,19,20,21,22,23)/t13-,14+/m1/s1. The van der Waals surface area contributed by atoms with Gasteiger partial charge in [-0.25, -0.2) is 4.79 Å². The van der Waals surface area contributed by atoms with Crippen molar-refractivity contribution in [3.05, 3.63) is 47.5 Å². The Morgan fingerprint density at radius 3 is 2.44 bits per heavy atom. The highest BCUT2D eigenvalue weighted by atomic mass is 16.7. The monoisotopic (exact) mass is 344 g/mol. The summed E-state index contributed by atoms with van der Waals surface area (Å²) in [4.78, 5) is 35.8. The van der Waals surface area contributed by atoms with Gasteiger partial charge in [-0.3, -0.25) is 20.2 Å². The van der Waals surface area contributed by atoms with Crippen LogP contribution in [0.3, 0.4) is 0 Å². The normalized spacial score (nSPS) is 23.7. The molecule has 1 aromatic carbocycles. The number of hydrogen-bond donors (Lipinski definition) is 2. The van der Waals surface area contributed by atoms with Gasteiger partial charge in [0, 0.05) is 6.42 Å². The first-order valence-electron chi connectivity index (χ1n) is 8.18. The molecule has 2 aliphatic heterocycles. The number of nitrogens with one attached hydrogen (secondary N) is 2. The number of barbiturate groups is 1. The third-order valence-electron chi connectivity index (χ3n) is 4.41. The van der Waals surface area contributed by atoms with E-state index in [9.17, 15) is 14.4 Å². The van der Waals surface area contributed by atoms with Gasteiger partial charge in [0.1, 0.15) is 0 Å². The van der Waals surface area contributed by atoms with Crippen LogP contribution in [-0.2, 0) is 19.1 Å². The number of imide groups is 2. The first-order chi connectivity index (χ1) is 12.0. The summed E-state index contributed by atoms with van der Waals surface area (Å²) in [7, 11) is 0. The minimum atomic E-state index is -1.78. The average molecular weight is 344 g/mol. The Bertz CT molecular complexity index is 708. The van der Waals surface area contributed by atoms with Crippen LogP contribution in [0.1, 0.15) is 38.4 Å². The fraction of sp³-hybridized carbons (Fsp3) is 0.389. The number of hydrogen-bond acceptors (Lipinski definition) is 5. The van der Waals surface area contributed by atoms with Gasteiger partial charge in [0.25, 0.3) is 11.8 Å². The predicted molar refractivity (Wildman–Crippen MR) is 88.2 cm³/mol. The van der Waals surface area contributed by atoms with E-state index in [4.69, 9.17) is 9.47 Å². The van der Waals surface area contributed by atoms with Crippen molar-refractivity contribution in [2.75, 3.05) is 0 Å². The van der Waals surface area contributed by atoms with Gasteiger partial charge < -0.3 is 9.47 Å². The molecule has 0 bridgehead atoms. The molecule has 25 heavy (non-hydrogen) atoms. The molecule has 0 aliphatic carbocycles. The summed E-state index contributed by atoms with van der Waals surface area (Å²) in [5, 5.41) is 4.17. The van der Waals surface area contributed by atoms with Crippen LogP contribution in [-0.4, -0.2) is 29.7 Å². The van der Waals surface area contributed by atoms with Crippen molar-refractivity contribution in [3.8, 4) is 0 Å². The van der Waals surface area contributed by atoms with Crippen LogP contribution in [0.4, 0.5) is 4.79 Å². The summed E-state index contributed by atoms with van der Waals surface area (Å²) in [6.45, 7) is 3.80. The number of carbonyl (C=O) groups is 3. The number of rotatable bonds is 4. The number of ether oxygens (including phenoxy) is 2. The molecule has 1 aromatic rings. The van der Waals surface area contributed by atoms with Gasteiger partial charge in [0.05, 0.1) is 6.10 Å². The summed E-state index contributed by atoms with van der Waals surface area (Å²) >= 11 is 0. The lowest BCUT2D eigenvalue weighted by atomic mass is 9.91. The largest absolute Gasteiger partial charge is 0.341 e. The molecule has 0 aromatic heterocycles. The predicted octanol–water partition coefficient (Wildman–Crippen LogP) is 1.95. The van der Waals surface area contributed by atoms with Gasteiger partial charge in [-0.15, -0.1) is 0 Å². The lowest BCUT2D eigenvalue weighted by Crippen LogP contribution is -2.69. The highest BCUT2D eigenvalue weighted by Gasteiger charge is 2.54. The average Bonchev–Trinajstić information content (AvgIpc) is 2.60. The Labute approximate surface area is 145 Å². The molecular formula is C18H20N2O5. The molecule has 0 saturated carbocycles. The van der Waals surface area contributed by atoms with Gasteiger partial charge in [0.2, 0.25) is 5.60 Å². The molecule has 3 rings (SSSR count). The van der Waals surface area contributed by atoms with Crippen LogP contribution in [0, 0.1) is 0 Å². The molecule has 2 heterocycles. The van der Waals surface area contributed by atoms with E-state index in [1.54, 1.807) is 6.08 Å². The number of amides is 4. The van der Waals surface area contributed by atoms with Crippen LogP contribution >= 0.6 is 0 Å². The van der Waals surface area contributed by atoms with Crippen molar-refractivity contribution in [1.82, 2.24) is 10.6 Å². The minimum Gasteiger partial charge on any atom is -0.341 e. The van der Waals surface area contributed by atoms with Crippen molar-refractivity contribution in [2.45, 2.75) is 44.7 Å². The molecule has 7 nitrogen and oxygen atoms in total. The fourth-order valence-electron chi connectivity index (χ4n) is 2.92. The number of urea groups is 1. The Hall–Kier alpha value is -2.51. The van der Waals surface area contributed by atoms with Gasteiger partial charge in [0.15, 0.2) is 6.29 Å². The third kappa shape index (κ3) is 3.20. The van der Waals surface area contributed by atoms with Crippen LogP contribution < -0.4 is 10.6 Å². The van der Waals surface area contributed by atoms with E-state index >= 15 is 0 Å². The Morgan fingerprint density at radius 1 is 1.20 bits per heavy atom. The number of carbonyl (C=O) groups excluding carboxylic acids is 3. The number of benzene rings is 1. The molecule has 2 N–H and O–H groups in total. The molecule has 1 fully saturated rings. The molecule has 0 unspecified atom stereocenters. The first kappa shape index (κ1) is 17.3. The maximum atomic E-state index is 12.3. The van der Waals surface area contributed by atoms with Crippen LogP contribution in [0.2, 0.25) is 0 Å². The second-order valence-electron chi connectivity index (χ2n) is 6.11. The third-order valence-corrected chi connectivity index (χ3v) is 4.41. The van der Waals surface area contributed by atoms with E-state index in [1.807, 2.05) is 44.2 Å². The first-order valence-corrected chi connectivity index (χ1v) is 8.18. The minimum absolute atomic E-state index is 0.0474. The van der Waals surface area contributed by atoms with E-state index in [2.05, 4.69) is 10.6 Å². The van der Waals surface area contributed by atoms with Gasteiger partial charge in [-0.05, 0) is 24.5 Å². The highest BCUT2D eigenvalue weighted by Crippen LogP contribution is 2.34. The highest BCUT2D eigenvalue weighted by molar-refractivity contribution is 6.21. The van der Waals surface area contributed by atoms with Crippen molar-refractivity contribution in [1.29, 1.82) is 0 Å². The second kappa shape index (κ2) is 6.78. The summed E-state index contributed by atoms with van der Waals surface area (Å²) < 4.78 is 11.8. The molecule has 1 spiro atoms. The SMILES string of the molecule is CC[C@@H](O[C@H]1OC2(CC=C1C)C(=O)NC(=O)NC2=O)c1ccccc1. The Morgan fingerprint density at radius 2 is 1.84 bits per heavy atom. The van der Waals surface area contributed by atoms with Crippen molar-refractivity contribution in [3.63, 3.8) is 0 Å². The second-order valence-corrected chi connectivity index (χ2v) is 6.11. The summed E-state index contributed by atoms with van der Waals surface area (Å²) in [5.41, 5.74) is -0.0289. The van der Waals surface area contributed by atoms with Crippen LogP contribution in [0.5, 0.6) is 0 Å². The van der Waals surface area contributed by atoms with Crippen molar-refractivity contribution < 1.29 is 23.9 Å². The van der Waals surface area contributed by atoms with Crippen LogP contribution in [0.15, 0.2) is 42.0 Å². The van der Waals surface area contributed by atoms with E-state index in [0.29, 0.717) is 6.42 Å². The quantitative estimate of drug-likeness (QED) is 0.643. The summed E-state index contributed by atoms with van der Waals surface area (Å²) in [6.07, 6.45) is 1.37. The Kier molecular flexibility index (Phi) is 4.69. The lowest BCUT2D eigenvalue weighted by Gasteiger charge is -2.40. The molecule has 2 atom stereocenters. The van der Waals surface area contributed by atoms with Gasteiger partial charge >= 0.3 is 6.03 Å². The molecular weight excluding hydrogens is 324 g/mol. The van der Waals surface area contributed by atoms with E-state index in [1.165, 1.54) is 0 Å². The van der Waals surface area contributed by atoms with Gasteiger partial charge in [-0.2, -0.15) is 0 Å². The molecule has 2 aliphatic rings. The van der Waals surface area contributed by atoms with Crippen molar-refractivity contribution >= 4 is 17.8 Å².